The van der Waals surface area contributed by atoms with Gasteiger partial charge in [-0.05, 0) is 30.3 Å². The summed E-state index contributed by atoms with van der Waals surface area (Å²) in [5, 5.41) is 22.2. The van der Waals surface area contributed by atoms with E-state index in [9.17, 15) is 4.79 Å². The lowest BCUT2D eigenvalue weighted by Gasteiger charge is -2.06. The zero-order chi connectivity index (χ0) is 19.6. The molecular formula is C21H15N7O. The van der Waals surface area contributed by atoms with Crippen LogP contribution in [0.2, 0.25) is 0 Å². The molecule has 0 bridgehead atoms. The molecule has 2 N–H and O–H groups in total. The van der Waals surface area contributed by atoms with E-state index < -0.39 is 0 Å². The number of nitrogens with one attached hydrogen (secondary N) is 2. The highest BCUT2D eigenvalue weighted by molar-refractivity contribution is 6.03. The van der Waals surface area contributed by atoms with E-state index in [1.807, 2.05) is 66.7 Å². The number of carbonyl (C=O) groups excluding carboxylic acids is 1. The molecule has 0 saturated heterocycles. The van der Waals surface area contributed by atoms with Crippen molar-refractivity contribution < 1.29 is 4.79 Å². The maximum Gasteiger partial charge on any atom is 0.273 e. The second-order valence-corrected chi connectivity index (χ2v) is 6.42. The van der Waals surface area contributed by atoms with E-state index in [4.69, 9.17) is 0 Å². The Bertz CT molecular complexity index is 1310. The van der Waals surface area contributed by atoms with Crippen LogP contribution in [0.25, 0.3) is 28.2 Å². The Labute approximate surface area is 165 Å². The lowest BCUT2D eigenvalue weighted by molar-refractivity contribution is 0.102. The van der Waals surface area contributed by atoms with Gasteiger partial charge in [0.2, 0.25) is 0 Å². The van der Waals surface area contributed by atoms with Crippen molar-refractivity contribution in [3.63, 3.8) is 0 Å². The first-order valence-corrected chi connectivity index (χ1v) is 8.96. The molecule has 0 aliphatic heterocycles. The molecule has 3 aromatic heterocycles. The number of benzene rings is 2. The lowest BCUT2D eigenvalue weighted by atomic mass is 10.1. The van der Waals surface area contributed by atoms with Crippen molar-refractivity contribution in [2.75, 3.05) is 5.32 Å². The molecule has 0 aliphatic rings. The van der Waals surface area contributed by atoms with Crippen LogP contribution in [0.3, 0.4) is 0 Å². The van der Waals surface area contributed by atoms with E-state index in [1.54, 1.807) is 16.9 Å². The second kappa shape index (κ2) is 7.01. The summed E-state index contributed by atoms with van der Waals surface area (Å²) >= 11 is 0. The molecule has 5 rings (SSSR count). The van der Waals surface area contributed by atoms with Gasteiger partial charge in [0, 0.05) is 16.8 Å². The van der Waals surface area contributed by atoms with Crippen molar-refractivity contribution >= 4 is 17.2 Å². The molecule has 0 fully saturated rings. The Kier molecular flexibility index (Phi) is 4.06. The van der Waals surface area contributed by atoms with Crippen LogP contribution in [-0.2, 0) is 0 Å². The average Bonchev–Trinajstić information content (AvgIpc) is 3.44. The Hall–Kier alpha value is -4.33. The van der Waals surface area contributed by atoms with Crippen LogP contribution in [0.4, 0.5) is 5.69 Å². The number of carbonyl (C=O) groups is 1. The number of nitrogens with zero attached hydrogens (tertiary/aromatic N) is 5. The number of amides is 1. The number of rotatable bonds is 4. The summed E-state index contributed by atoms with van der Waals surface area (Å²) in [4.78, 5) is 12.6. The number of anilines is 1. The molecule has 140 valence electrons. The molecule has 0 radical (unpaired) electrons. The van der Waals surface area contributed by atoms with E-state index in [0.29, 0.717) is 17.0 Å². The van der Waals surface area contributed by atoms with Crippen LogP contribution >= 0.6 is 0 Å². The van der Waals surface area contributed by atoms with E-state index in [0.717, 1.165) is 22.5 Å². The summed E-state index contributed by atoms with van der Waals surface area (Å²) in [7, 11) is 0. The number of aromatic amines is 1. The zero-order valence-corrected chi connectivity index (χ0v) is 15.1. The third-order valence-electron chi connectivity index (χ3n) is 4.47. The van der Waals surface area contributed by atoms with Crippen LogP contribution < -0.4 is 5.32 Å². The normalized spacial score (nSPS) is 10.9. The maximum absolute atomic E-state index is 12.6. The van der Waals surface area contributed by atoms with Gasteiger partial charge in [-0.25, -0.2) is 0 Å². The van der Waals surface area contributed by atoms with Crippen LogP contribution in [0, 0.1) is 0 Å². The zero-order valence-electron chi connectivity index (χ0n) is 15.1. The standard InChI is InChI=1S/C21H15N7O/c29-21(19-12-18(24-25-19)14-5-2-1-3-6-14)23-16-8-4-7-15(11-16)17-9-10-20-26-22-13-28(20)27-17/h1-13H,(H,23,29)(H,24,25). The predicted molar refractivity (Wildman–Crippen MR) is 108 cm³/mol. The monoisotopic (exact) mass is 381 g/mol. The molecule has 0 unspecified atom stereocenters. The maximum atomic E-state index is 12.6. The highest BCUT2D eigenvalue weighted by Gasteiger charge is 2.12. The number of hydrogen-bond acceptors (Lipinski definition) is 5. The van der Waals surface area contributed by atoms with Gasteiger partial charge in [-0.3, -0.25) is 9.89 Å². The van der Waals surface area contributed by atoms with E-state index >= 15 is 0 Å². The van der Waals surface area contributed by atoms with Gasteiger partial charge in [0.05, 0.1) is 11.4 Å². The first-order valence-electron chi connectivity index (χ1n) is 8.96. The van der Waals surface area contributed by atoms with Crippen molar-refractivity contribution in [2.24, 2.45) is 0 Å². The summed E-state index contributed by atoms with van der Waals surface area (Å²) in [6.45, 7) is 0. The molecule has 5 aromatic rings. The molecule has 0 atom stereocenters. The summed E-state index contributed by atoms with van der Waals surface area (Å²) in [5.41, 5.74) is 5.00. The fourth-order valence-electron chi connectivity index (χ4n) is 3.03. The van der Waals surface area contributed by atoms with Gasteiger partial charge in [-0.15, -0.1) is 10.2 Å². The van der Waals surface area contributed by atoms with Gasteiger partial charge in [0.25, 0.3) is 5.91 Å². The third kappa shape index (κ3) is 3.34. The SMILES string of the molecule is O=C(Nc1cccc(-c2ccc3nncn3n2)c1)c1cc(-c2ccccc2)n[nH]1. The minimum absolute atomic E-state index is 0.265. The molecule has 29 heavy (non-hydrogen) atoms. The molecule has 0 spiro atoms. The summed E-state index contributed by atoms with van der Waals surface area (Å²) in [5.74, 6) is -0.265. The fraction of sp³-hybridized carbons (Fsp3) is 0. The summed E-state index contributed by atoms with van der Waals surface area (Å²) in [6, 6.07) is 22.6. The van der Waals surface area contributed by atoms with Crippen LogP contribution in [0.5, 0.6) is 0 Å². The van der Waals surface area contributed by atoms with E-state index in [-0.39, 0.29) is 5.91 Å². The van der Waals surface area contributed by atoms with Crippen molar-refractivity contribution in [3.8, 4) is 22.5 Å². The minimum atomic E-state index is -0.265. The highest BCUT2D eigenvalue weighted by atomic mass is 16.1. The van der Waals surface area contributed by atoms with Gasteiger partial charge >= 0.3 is 0 Å². The fourth-order valence-corrected chi connectivity index (χ4v) is 3.03. The van der Waals surface area contributed by atoms with Gasteiger partial charge in [0.15, 0.2) is 5.65 Å². The highest BCUT2D eigenvalue weighted by Crippen LogP contribution is 2.22. The largest absolute Gasteiger partial charge is 0.321 e. The third-order valence-corrected chi connectivity index (χ3v) is 4.47. The van der Waals surface area contributed by atoms with Crippen molar-refractivity contribution in [2.45, 2.75) is 0 Å². The van der Waals surface area contributed by atoms with Crippen molar-refractivity contribution in [3.05, 3.63) is 84.8 Å². The number of H-pyrrole nitrogens is 1. The topological polar surface area (TPSA) is 101 Å². The molecule has 8 nitrogen and oxygen atoms in total. The molecule has 0 aliphatic carbocycles. The smallest absolute Gasteiger partial charge is 0.273 e. The van der Waals surface area contributed by atoms with Gasteiger partial charge in [-0.1, -0.05) is 42.5 Å². The van der Waals surface area contributed by atoms with Crippen LogP contribution in [-0.4, -0.2) is 35.9 Å². The minimum Gasteiger partial charge on any atom is -0.321 e. The Balaban J connectivity index is 1.37. The molecule has 8 heteroatoms. The number of hydrogen-bond donors (Lipinski definition) is 2. The number of aromatic nitrogens is 6. The van der Waals surface area contributed by atoms with Gasteiger partial charge < -0.3 is 5.32 Å². The molecule has 3 heterocycles. The average molecular weight is 381 g/mol. The summed E-state index contributed by atoms with van der Waals surface area (Å²) < 4.78 is 1.61. The molecule has 2 aromatic carbocycles. The molecule has 0 saturated carbocycles. The van der Waals surface area contributed by atoms with Crippen LogP contribution in [0.1, 0.15) is 10.5 Å². The Morgan fingerprint density at radius 2 is 1.76 bits per heavy atom. The Morgan fingerprint density at radius 3 is 2.66 bits per heavy atom. The second-order valence-electron chi connectivity index (χ2n) is 6.42. The lowest BCUT2D eigenvalue weighted by Crippen LogP contribution is -2.12. The first-order chi connectivity index (χ1) is 14.3. The van der Waals surface area contributed by atoms with Crippen molar-refractivity contribution in [1.82, 2.24) is 30.0 Å². The van der Waals surface area contributed by atoms with E-state index in [2.05, 4.69) is 30.8 Å². The first kappa shape index (κ1) is 16.8. The molecule has 1 amide bonds. The van der Waals surface area contributed by atoms with Crippen molar-refractivity contribution in [1.29, 1.82) is 0 Å². The predicted octanol–water partition coefficient (Wildman–Crippen LogP) is 3.43. The van der Waals surface area contributed by atoms with Crippen LogP contribution in [0.15, 0.2) is 79.1 Å². The summed E-state index contributed by atoms with van der Waals surface area (Å²) in [6.07, 6.45) is 1.55. The van der Waals surface area contributed by atoms with E-state index in [1.165, 1.54) is 0 Å². The van der Waals surface area contributed by atoms with Gasteiger partial charge in [0.1, 0.15) is 12.0 Å². The van der Waals surface area contributed by atoms with Gasteiger partial charge in [-0.2, -0.15) is 14.7 Å². The number of fused-ring (bicyclic) bond motifs is 1. The quantitative estimate of drug-likeness (QED) is 0.497. The molecular weight excluding hydrogens is 366 g/mol. The Morgan fingerprint density at radius 1 is 0.897 bits per heavy atom.